The van der Waals surface area contributed by atoms with E-state index in [4.69, 9.17) is 23.9 Å². The van der Waals surface area contributed by atoms with Gasteiger partial charge in [0.1, 0.15) is 29.7 Å². The number of esters is 1. The van der Waals surface area contributed by atoms with E-state index in [1.807, 2.05) is 43.3 Å². The summed E-state index contributed by atoms with van der Waals surface area (Å²) in [6.07, 6.45) is 7.21. The summed E-state index contributed by atoms with van der Waals surface area (Å²) < 4.78 is 24.7. The Hall–Kier alpha value is -5.96. The highest BCUT2D eigenvalue weighted by Crippen LogP contribution is 2.40. The van der Waals surface area contributed by atoms with Gasteiger partial charge in [0.15, 0.2) is 0 Å². The number of nitrogens with one attached hydrogen (secondary N) is 1. The van der Waals surface area contributed by atoms with Crippen molar-refractivity contribution in [2.75, 3.05) is 53.6 Å². The van der Waals surface area contributed by atoms with E-state index in [9.17, 15) is 44.4 Å². The van der Waals surface area contributed by atoms with Crippen LogP contribution in [0.15, 0.2) is 90.3 Å². The number of ketones is 2. The molecule has 478 valence electrons. The minimum Gasteiger partial charge on any atom is -0.456 e. The minimum absolute atomic E-state index is 0.0246. The van der Waals surface area contributed by atoms with E-state index >= 15 is 0 Å². The number of aryl methyl sites for hydroxylation is 1. The molecule has 9 rings (SSSR count). The zero-order chi connectivity index (χ0) is 63.0. The maximum atomic E-state index is 14.8. The van der Waals surface area contributed by atoms with Crippen molar-refractivity contribution in [3.05, 3.63) is 101 Å². The van der Waals surface area contributed by atoms with Gasteiger partial charge in [0.25, 0.3) is 11.7 Å². The Morgan fingerprint density at radius 2 is 1.59 bits per heavy atom. The number of hydrogen-bond donors (Lipinski definition) is 5. The number of allylic oxidation sites excluding steroid dienone is 3. The monoisotopic (exact) mass is 1210 g/mol. The highest BCUT2D eigenvalue weighted by molar-refractivity contribution is 6.39. The molecule has 2 aromatic heterocycles. The van der Waals surface area contributed by atoms with E-state index in [0.29, 0.717) is 76.5 Å². The molecule has 5 N–H and O–H groups in total. The molecule has 88 heavy (non-hydrogen) atoms. The highest BCUT2D eigenvalue weighted by Gasteiger charge is 2.57. The molecular weight excluding hydrogens is 1120 g/mol. The van der Waals surface area contributed by atoms with E-state index in [-0.39, 0.29) is 68.3 Å². The van der Waals surface area contributed by atoms with Gasteiger partial charge in [-0.1, -0.05) is 92.6 Å². The van der Waals surface area contributed by atoms with Crippen LogP contribution < -0.4 is 0 Å². The van der Waals surface area contributed by atoms with Crippen molar-refractivity contribution in [1.29, 1.82) is 0 Å². The summed E-state index contributed by atoms with van der Waals surface area (Å²) in [7, 11) is 3.05. The van der Waals surface area contributed by atoms with Gasteiger partial charge in [0.2, 0.25) is 11.7 Å². The smallest absolute Gasteiger partial charge is 0.329 e. The number of aliphatic hydroxyl groups excluding tert-OH is 3. The van der Waals surface area contributed by atoms with Crippen LogP contribution in [0.4, 0.5) is 0 Å². The van der Waals surface area contributed by atoms with Gasteiger partial charge in [-0.25, -0.2) is 9.78 Å². The van der Waals surface area contributed by atoms with Gasteiger partial charge in [-0.15, -0.1) is 0 Å². The zero-order valence-electron chi connectivity index (χ0n) is 52.9. The number of carbonyl (C=O) groups excluding carboxylic acids is 5. The average Bonchev–Trinajstić information content (AvgIpc) is 1.06. The van der Waals surface area contributed by atoms with Gasteiger partial charge in [0, 0.05) is 126 Å². The predicted molar refractivity (Wildman–Crippen MR) is 335 cm³/mol. The van der Waals surface area contributed by atoms with Crippen LogP contribution in [0.25, 0.3) is 33.3 Å². The number of H-pyrrole nitrogens is 1. The number of hydrogen-bond acceptors (Lipinski definition) is 15. The van der Waals surface area contributed by atoms with E-state index in [2.05, 4.69) is 71.4 Å². The molecule has 18 nitrogen and oxygen atoms in total. The number of methoxy groups -OCH3 is 2. The van der Waals surface area contributed by atoms with Crippen molar-refractivity contribution < 1.29 is 63.3 Å². The number of rotatable bonds is 13. The van der Waals surface area contributed by atoms with E-state index in [0.717, 1.165) is 58.5 Å². The van der Waals surface area contributed by atoms with Gasteiger partial charge in [0.05, 0.1) is 24.4 Å². The molecule has 4 fully saturated rings. The number of carbonyl (C=O) groups is 5. The lowest BCUT2D eigenvalue weighted by Gasteiger charge is -2.47. The third kappa shape index (κ3) is 15.6. The molecule has 0 unspecified atom stereocenters. The summed E-state index contributed by atoms with van der Waals surface area (Å²) in [6, 6.07) is 18.1. The van der Waals surface area contributed by atoms with Crippen LogP contribution in [0.1, 0.15) is 129 Å². The number of benzene rings is 2. The number of cyclic esters (lactones) is 1. The fraction of sp³-hybridized carbons (Fsp3) is 0.600. The maximum Gasteiger partial charge on any atom is 0.329 e. The lowest BCUT2D eigenvalue weighted by molar-refractivity contribution is -0.302. The largest absolute Gasteiger partial charge is 0.456 e. The second kappa shape index (κ2) is 29.8. The molecule has 1 saturated carbocycles. The number of aromatic nitrogens is 2. The number of aromatic amines is 1. The molecule has 6 heterocycles. The summed E-state index contributed by atoms with van der Waals surface area (Å²) in [4.78, 5) is 85.9. The molecule has 2 amide bonds. The number of piperidine rings is 1. The van der Waals surface area contributed by atoms with Crippen LogP contribution >= 0.6 is 0 Å². The van der Waals surface area contributed by atoms with Crippen molar-refractivity contribution in [3.63, 3.8) is 0 Å². The van der Waals surface area contributed by atoms with Gasteiger partial charge in [-0.2, -0.15) is 0 Å². The molecule has 3 saturated heterocycles. The number of pyridine rings is 1. The molecule has 2 aromatic carbocycles. The van der Waals surface area contributed by atoms with Crippen LogP contribution in [0.3, 0.4) is 0 Å². The Kier molecular flexibility index (Phi) is 22.5. The van der Waals surface area contributed by atoms with Crippen molar-refractivity contribution in [3.8, 4) is 22.3 Å². The van der Waals surface area contributed by atoms with Gasteiger partial charge < -0.3 is 54.2 Å². The minimum atomic E-state index is -2.57. The van der Waals surface area contributed by atoms with Crippen molar-refractivity contribution >= 4 is 40.4 Å². The number of fused-ring (bicyclic) bond motifs is 4. The van der Waals surface area contributed by atoms with E-state index < -0.39 is 83.9 Å². The quantitative estimate of drug-likeness (QED) is 0.0478. The number of nitrogens with zero attached hydrogens (tertiary/aromatic N) is 4. The fourth-order valence-corrected chi connectivity index (χ4v) is 14.4. The first-order valence-electron chi connectivity index (χ1n) is 32.2. The molecule has 4 aromatic rings. The van der Waals surface area contributed by atoms with Gasteiger partial charge >= 0.3 is 5.97 Å². The van der Waals surface area contributed by atoms with Crippen LogP contribution in [0.5, 0.6) is 0 Å². The Morgan fingerprint density at radius 3 is 2.31 bits per heavy atom. The number of Topliss-reactive ketones (excluding diaryl/α,β-unsaturated/α-hetero) is 2. The van der Waals surface area contributed by atoms with Crippen LogP contribution in [-0.2, 0) is 49.5 Å². The molecule has 0 spiro atoms. The van der Waals surface area contributed by atoms with Crippen molar-refractivity contribution in [2.45, 2.75) is 180 Å². The summed E-state index contributed by atoms with van der Waals surface area (Å²) in [5, 5.41) is 46.2. The summed E-state index contributed by atoms with van der Waals surface area (Å²) >= 11 is 0. The second-order valence-electron chi connectivity index (χ2n) is 26.4. The van der Waals surface area contributed by atoms with Crippen molar-refractivity contribution in [1.82, 2.24) is 24.7 Å². The second-order valence-corrected chi connectivity index (χ2v) is 26.4. The van der Waals surface area contributed by atoms with Crippen LogP contribution in [-0.4, -0.2) is 176 Å². The third-order valence-corrected chi connectivity index (χ3v) is 19.8. The topological polar surface area (TPSA) is 242 Å². The molecule has 0 radical (unpaired) electrons. The lowest BCUT2D eigenvalue weighted by Crippen LogP contribution is -2.64. The molecule has 4 aliphatic heterocycles. The first kappa shape index (κ1) is 66.5. The number of amides is 2. The standard InChI is InChI=1S/C70H95N5O13/c1-42-13-11-14-51(30-42)56-39-72-67-55(56)36-53(38-71-67)50-21-18-48(19-22-50)40-73-25-27-74(28-26-73)63(80)17-12-15-52-31-43(2)29-44(3)32-61(85-7)65-62(86-8)34-46(5)70(84,88-65)66(81)68(82)75-24-10-9-16-57(75)69(83)87-64(47(6)59(78)37-60(52)79)45(4)33-49-20-23-58(77)54(35-49)41-76/h11,13-14,18-19,21-22,30-31,33,36,38-39,44,46-47,49,52,54,57-59,61-62,64-65,76-78,84H,9-10,12,15-17,20,23-29,32,34-35,37,40-41H2,1-8H3,(H,71,72)/b43-31+,45-33+/t44-,46+,47+,49-,52+,54-,57-,58+,59-,61-,62-,64+,65+,70+/m0/s1. The molecule has 2 bridgehead atoms. The van der Waals surface area contributed by atoms with Gasteiger partial charge in [-0.05, 0) is 132 Å². The summed E-state index contributed by atoms with van der Waals surface area (Å²) in [6.45, 7) is 14.4. The van der Waals surface area contributed by atoms with Crippen molar-refractivity contribution in [2.24, 2.45) is 35.5 Å². The highest BCUT2D eigenvalue weighted by atomic mass is 16.7. The molecule has 1 aliphatic carbocycles. The Labute approximate surface area is 519 Å². The first-order chi connectivity index (χ1) is 42.2. The molecule has 18 heteroatoms. The number of ether oxygens (including phenoxy) is 4. The van der Waals surface area contributed by atoms with Crippen LogP contribution in [0, 0.1) is 42.4 Å². The summed E-state index contributed by atoms with van der Waals surface area (Å²) in [5.41, 5.74) is 9.13. The maximum absolute atomic E-state index is 14.8. The molecule has 14 atom stereocenters. The molecular formula is C70H95N5O13. The van der Waals surface area contributed by atoms with Crippen LogP contribution in [0.2, 0.25) is 0 Å². The van der Waals surface area contributed by atoms with Gasteiger partial charge in [-0.3, -0.25) is 24.1 Å². The zero-order valence-corrected chi connectivity index (χ0v) is 52.9. The normalized spacial score (nSPS) is 32.0. The summed E-state index contributed by atoms with van der Waals surface area (Å²) in [5.74, 6) is -8.71. The molecule has 5 aliphatic rings. The number of piperazine rings is 1. The Balaban J connectivity index is 0.893. The fourth-order valence-electron chi connectivity index (χ4n) is 14.4. The lowest BCUT2D eigenvalue weighted by atomic mass is 9.78. The average molecular weight is 1210 g/mol. The first-order valence-corrected chi connectivity index (χ1v) is 32.2. The Bertz CT molecular complexity index is 3130. The van der Waals surface area contributed by atoms with E-state index in [1.54, 1.807) is 20.8 Å². The Morgan fingerprint density at radius 1 is 0.852 bits per heavy atom. The SMILES string of the molecule is CO[C@H]1C[C@@H](C)C/C(C)=C/[C@@H](CCCC(=O)N2CCN(Cc3ccc(-c4cnc5[nH]cc(-c6cccc(C)c6)c5c4)cc3)CC2)C(=O)C[C@H](O)[C@@H](C)[C@@H](/C(C)=C/[C@@H]2CC[C@@H](O)[C@H](CO)C2)OC(=O)[C@@H]2CCCCN2C(=O)C(=O)[C@]2(O)O[C@H]1[C@@H](OC)C[C@H]2C. The van der Waals surface area contributed by atoms with E-state index in [1.165, 1.54) is 30.2 Å². The predicted octanol–water partition coefficient (Wildman–Crippen LogP) is 8.69. The number of aliphatic hydroxyl groups is 4. The third-order valence-electron chi connectivity index (χ3n) is 19.8.